The van der Waals surface area contributed by atoms with Crippen LogP contribution in [0.2, 0.25) is 0 Å². The van der Waals surface area contributed by atoms with Gasteiger partial charge in [0.15, 0.2) is 6.10 Å². The van der Waals surface area contributed by atoms with Crippen LogP contribution in [0.1, 0.15) is 123 Å². The number of phosphoric acid groups is 1. The third kappa shape index (κ3) is 37.0. The van der Waals surface area contributed by atoms with Crippen LogP contribution in [0.25, 0.3) is 0 Å². The molecule has 51 heavy (non-hydrogen) atoms. The first kappa shape index (κ1) is 48.5. The monoisotopic (exact) mass is 736 g/mol. The van der Waals surface area contributed by atoms with E-state index in [0.717, 1.165) is 70.6 Å². The zero-order valence-electron chi connectivity index (χ0n) is 32.6. The zero-order chi connectivity index (χ0) is 37.9. The van der Waals surface area contributed by atoms with Gasteiger partial charge in [0.05, 0.1) is 27.7 Å². The molecule has 0 saturated carbocycles. The van der Waals surface area contributed by atoms with Crippen LogP contribution in [0.3, 0.4) is 0 Å². The maximum atomic E-state index is 12.6. The Bertz CT molecular complexity index is 1100. The molecule has 0 radical (unpaired) electrons. The van der Waals surface area contributed by atoms with Crippen LogP contribution >= 0.6 is 7.82 Å². The molecule has 0 aliphatic rings. The van der Waals surface area contributed by atoms with Crippen molar-refractivity contribution in [2.24, 2.45) is 0 Å². The number of quaternary nitrogens is 1. The Balaban J connectivity index is 4.58. The number of esters is 2. The molecule has 0 amide bonds. The third-order valence-corrected chi connectivity index (χ3v) is 8.47. The summed E-state index contributed by atoms with van der Waals surface area (Å²) in [5.74, 6) is -0.920. The van der Waals surface area contributed by atoms with E-state index in [1.54, 1.807) is 0 Å². The summed E-state index contributed by atoms with van der Waals surface area (Å²) in [4.78, 5) is 35.1. The Morgan fingerprint density at radius 3 is 1.75 bits per heavy atom. The highest BCUT2D eigenvalue weighted by atomic mass is 31.2. The molecule has 9 nitrogen and oxygen atoms in total. The van der Waals surface area contributed by atoms with Crippen molar-refractivity contribution in [1.82, 2.24) is 0 Å². The summed E-state index contributed by atoms with van der Waals surface area (Å²) in [6, 6.07) is 0. The van der Waals surface area contributed by atoms with Crippen LogP contribution in [0, 0.1) is 0 Å². The van der Waals surface area contributed by atoms with Crippen molar-refractivity contribution in [1.29, 1.82) is 0 Å². The first-order valence-corrected chi connectivity index (χ1v) is 20.7. The number of phosphoric ester groups is 1. The van der Waals surface area contributed by atoms with Crippen molar-refractivity contribution in [3.8, 4) is 0 Å². The minimum atomic E-state index is -4.39. The van der Waals surface area contributed by atoms with E-state index >= 15 is 0 Å². The number of rotatable bonds is 33. The smallest absolute Gasteiger partial charge is 0.462 e. The first-order chi connectivity index (χ1) is 24.5. The molecular weight excluding hydrogens is 665 g/mol. The second-order valence-electron chi connectivity index (χ2n) is 13.6. The minimum Gasteiger partial charge on any atom is -0.462 e. The maximum absolute atomic E-state index is 12.6. The molecule has 0 aromatic carbocycles. The van der Waals surface area contributed by atoms with E-state index in [9.17, 15) is 19.0 Å². The average Bonchev–Trinajstić information content (AvgIpc) is 3.07. The number of ether oxygens (including phenoxy) is 2. The van der Waals surface area contributed by atoms with Gasteiger partial charge in [0.25, 0.3) is 0 Å². The topological polar surface area (TPSA) is 108 Å². The van der Waals surface area contributed by atoms with Gasteiger partial charge in [-0.1, -0.05) is 119 Å². The normalized spacial score (nSPS) is 14.5. The van der Waals surface area contributed by atoms with Crippen molar-refractivity contribution >= 4 is 19.8 Å². The number of allylic oxidation sites excluding steroid dienone is 12. The number of likely N-dealkylation sites (N-methyl/N-ethyl adjacent to an activating group) is 1. The predicted molar refractivity (Wildman–Crippen MR) is 210 cm³/mol. The molecule has 0 rings (SSSR count). The van der Waals surface area contributed by atoms with E-state index in [-0.39, 0.29) is 26.1 Å². The summed E-state index contributed by atoms with van der Waals surface area (Å²) in [6.45, 7) is 4.12. The number of hydrogen-bond acceptors (Lipinski definition) is 7. The summed E-state index contributed by atoms with van der Waals surface area (Å²) < 4.78 is 34.0. The number of carbonyl (C=O) groups is 2. The lowest BCUT2D eigenvalue weighted by Crippen LogP contribution is -2.37. The van der Waals surface area contributed by atoms with E-state index in [2.05, 4.69) is 74.6 Å². The fourth-order valence-corrected chi connectivity index (χ4v) is 5.19. The molecule has 0 aromatic rings. The van der Waals surface area contributed by atoms with Crippen molar-refractivity contribution in [3.05, 3.63) is 72.9 Å². The highest BCUT2D eigenvalue weighted by Crippen LogP contribution is 2.43. The largest absolute Gasteiger partial charge is 0.472 e. The summed E-state index contributed by atoms with van der Waals surface area (Å²) in [6.07, 6.45) is 39.7. The molecule has 292 valence electrons. The van der Waals surface area contributed by atoms with Crippen molar-refractivity contribution in [2.45, 2.75) is 129 Å². The molecule has 2 atom stereocenters. The summed E-state index contributed by atoms with van der Waals surface area (Å²) in [5, 5.41) is 0. The van der Waals surface area contributed by atoms with Gasteiger partial charge in [0.1, 0.15) is 19.8 Å². The Morgan fingerprint density at radius 1 is 0.627 bits per heavy atom. The molecule has 0 aliphatic carbocycles. The van der Waals surface area contributed by atoms with Gasteiger partial charge >= 0.3 is 19.8 Å². The van der Waals surface area contributed by atoms with Gasteiger partial charge in [0, 0.05) is 12.8 Å². The fraction of sp³-hybridized carbons (Fsp3) is 0.659. The van der Waals surface area contributed by atoms with Gasteiger partial charge in [-0.05, 0) is 64.2 Å². The second kappa shape index (κ2) is 33.3. The molecule has 2 unspecified atom stereocenters. The highest BCUT2D eigenvalue weighted by Gasteiger charge is 2.27. The molecule has 1 N–H and O–H groups in total. The first-order valence-electron chi connectivity index (χ1n) is 19.2. The lowest BCUT2D eigenvalue weighted by molar-refractivity contribution is -0.870. The van der Waals surface area contributed by atoms with Crippen LogP contribution in [-0.4, -0.2) is 74.9 Å². The molecule has 0 saturated heterocycles. The molecule has 0 fully saturated rings. The van der Waals surface area contributed by atoms with Crippen LogP contribution in [-0.2, 0) is 32.7 Å². The minimum absolute atomic E-state index is 0.0130. The maximum Gasteiger partial charge on any atom is 0.472 e. The standard InChI is InChI=1S/C41H70NO8P/c1-6-8-10-12-14-16-18-20-22-23-25-27-29-31-33-40(43)47-37-39(38-49-51(45,46)48-36-35-42(3,4)5)50-41(44)34-32-30-28-26-24-21-19-17-15-13-11-9-7-2/h9,11-12,14-15,17-18,20-21,24,28,30,39H,6-8,10,13,16,19,22-23,25-27,29,31-38H2,1-5H3/p+1/b11-9-,14-12-,17-15-,20-18-,24-21-,30-28-. The van der Waals surface area contributed by atoms with Crippen LogP contribution < -0.4 is 0 Å². The van der Waals surface area contributed by atoms with Crippen LogP contribution in [0.15, 0.2) is 72.9 Å². The SMILES string of the molecule is CC/C=C\C/C=C\C/C=C\C/C=C\CCC(=O)OC(COC(=O)CCCCCCC/C=C\C/C=C\CCCC)COP(=O)(O)OCC[N+](C)(C)C. The summed E-state index contributed by atoms with van der Waals surface area (Å²) in [7, 11) is 1.41. The Kier molecular flexibility index (Phi) is 31.6. The van der Waals surface area contributed by atoms with E-state index in [1.165, 1.54) is 12.8 Å². The van der Waals surface area contributed by atoms with Crippen molar-refractivity contribution < 1.29 is 42.1 Å². The number of unbranched alkanes of at least 4 members (excludes halogenated alkanes) is 7. The van der Waals surface area contributed by atoms with Gasteiger partial charge in [-0.3, -0.25) is 18.6 Å². The molecule has 0 spiro atoms. The highest BCUT2D eigenvalue weighted by molar-refractivity contribution is 7.47. The molecule has 0 aliphatic heterocycles. The number of nitrogens with zero attached hydrogens (tertiary/aromatic N) is 1. The lowest BCUT2D eigenvalue weighted by atomic mass is 10.1. The lowest BCUT2D eigenvalue weighted by Gasteiger charge is -2.24. The molecular formula is C41H71NO8P+. The summed E-state index contributed by atoms with van der Waals surface area (Å²) >= 11 is 0. The van der Waals surface area contributed by atoms with Crippen LogP contribution in [0.4, 0.5) is 0 Å². The molecule has 0 heterocycles. The number of carbonyl (C=O) groups excluding carboxylic acids is 2. The van der Waals surface area contributed by atoms with E-state index in [1.807, 2.05) is 33.3 Å². The average molecular weight is 737 g/mol. The van der Waals surface area contributed by atoms with E-state index in [0.29, 0.717) is 23.9 Å². The van der Waals surface area contributed by atoms with Gasteiger partial charge < -0.3 is 18.9 Å². The second-order valence-corrected chi connectivity index (χ2v) is 15.0. The van der Waals surface area contributed by atoms with Gasteiger partial charge in [-0.2, -0.15) is 0 Å². The Hall–Kier alpha value is -2.55. The molecule has 10 heteroatoms. The zero-order valence-corrected chi connectivity index (χ0v) is 33.4. The van der Waals surface area contributed by atoms with Gasteiger partial charge in [0.2, 0.25) is 0 Å². The Morgan fingerprint density at radius 2 is 1.16 bits per heavy atom. The summed E-state index contributed by atoms with van der Waals surface area (Å²) in [5.41, 5.74) is 0. The van der Waals surface area contributed by atoms with Crippen LogP contribution in [0.5, 0.6) is 0 Å². The molecule has 0 bridgehead atoms. The van der Waals surface area contributed by atoms with Crippen molar-refractivity contribution in [3.63, 3.8) is 0 Å². The quantitative estimate of drug-likeness (QED) is 0.0233. The van der Waals surface area contributed by atoms with E-state index in [4.69, 9.17) is 18.5 Å². The van der Waals surface area contributed by atoms with E-state index < -0.39 is 32.5 Å². The third-order valence-electron chi connectivity index (χ3n) is 7.48. The van der Waals surface area contributed by atoms with Gasteiger partial charge in [-0.25, -0.2) is 4.57 Å². The fourth-order valence-electron chi connectivity index (χ4n) is 4.45. The molecule has 0 aromatic heterocycles. The number of hydrogen-bond donors (Lipinski definition) is 1. The Labute approximate surface area is 310 Å². The van der Waals surface area contributed by atoms with Gasteiger partial charge in [-0.15, -0.1) is 0 Å². The van der Waals surface area contributed by atoms with Crippen molar-refractivity contribution in [2.75, 3.05) is 47.5 Å². The predicted octanol–water partition coefficient (Wildman–Crippen LogP) is 10.3.